The van der Waals surface area contributed by atoms with E-state index in [4.69, 9.17) is 16.3 Å². The fraction of sp³-hybridized carbons (Fsp3) is 0.154. The largest absolute Gasteiger partial charge is 0.482 e. The van der Waals surface area contributed by atoms with Crippen LogP contribution in [0.5, 0.6) is 5.75 Å². The average Bonchev–Trinajstić information content (AvgIpc) is 2.82. The summed E-state index contributed by atoms with van der Waals surface area (Å²) in [6.07, 6.45) is 1.55. The number of nitrogens with zero attached hydrogens (tertiary/aromatic N) is 4. The van der Waals surface area contributed by atoms with Crippen LogP contribution in [0.1, 0.15) is 5.82 Å². The summed E-state index contributed by atoms with van der Waals surface area (Å²) in [5.74, 6) is -1.21. The molecule has 2 heterocycles. The van der Waals surface area contributed by atoms with Gasteiger partial charge >= 0.3 is 0 Å². The van der Waals surface area contributed by atoms with Gasteiger partial charge in [-0.2, -0.15) is 5.10 Å². The summed E-state index contributed by atoms with van der Waals surface area (Å²) in [4.78, 5) is 8.27. The van der Waals surface area contributed by atoms with Crippen molar-refractivity contribution < 1.29 is 13.5 Å². The van der Waals surface area contributed by atoms with E-state index in [1.54, 1.807) is 13.2 Å². The molecule has 1 aromatic carbocycles. The molecule has 108 valence electrons. The number of aryl methyl sites for hydroxylation is 1. The van der Waals surface area contributed by atoms with E-state index in [0.29, 0.717) is 11.0 Å². The molecule has 0 unspecified atom stereocenters. The smallest absolute Gasteiger partial charge is 0.170 e. The third-order valence-electron chi connectivity index (χ3n) is 2.84. The number of hydrogen-bond acceptors (Lipinski definition) is 4. The molecule has 0 aliphatic carbocycles. The molecule has 0 atom stereocenters. The normalized spacial score (nSPS) is 11.0. The molecule has 3 aromatic rings. The first-order valence-electron chi connectivity index (χ1n) is 5.96. The van der Waals surface area contributed by atoms with E-state index in [2.05, 4.69) is 15.1 Å². The molecule has 0 saturated heterocycles. The van der Waals surface area contributed by atoms with Gasteiger partial charge in [0.25, 0.3) is 0 Å². The number of hydrogen-bond donors (Lipinski definition) is 0. The lowest BCUT2D eigenvalue weighted by Gasteiger charge is -2.07. The molecule has 0 aliphatic rings. The van der Waals surface area contributed by atoms with Crippen LogP contribution in [0, 0.1) is 11.6 Å². The van der Waals surface area contributed by atoms with Crippen LogP contribution in [0.25, 0.3) is 11.0 Å². The van der Waals surface area contributed by atoms with Crippen molar-refractivity contribution in [3.05, 3.63) is 47.0 Å². The number of benzene rings is 1. The topological polar surface area (TPSA) is 52.8 Å². The minimum absolute atomic E-state index is 0.138. The third kappa shape index (κ3) is 2.64. The maximum atomic E-state index is 13.4. The highest BCUT2D eigenvalue weighted by atomic mass is 35.5. The van der Waals surface area contributed by atoms with Gasteiger partial charge < -0.3 is 4.74 Å². The zero-order chi connectivity index (χ0) is 15.0. The molecule has 5 nitrogen and oxygen atoms in total. The quantitative estimate of drug-likeness (QED) is 0.698. The molecule has 2 aromatic heterocycles. The maximum absolute atomic E-state index is 13.4. The Labute approximate surface area is 123 Å². The molecular weight excluding hydrogens is 302 g/mol. The SMILES string of the molecule is Cn1ncc2c(Cl)nc(COc3cc(F)ccc3F)nc21. The Morgan fingerprint density at radius 2 is 2.10 bits per heavy atom. The fourth-order valence-corrected chi connectivity index (χ4v) is 2.06. The van der Waals surface area contributed by atoms with Crippen molar-refractivity contribution in [2.24, 2.45) is 7.05 Å². The highest BCUT2D eigenvalue weighted by Crippen LogP contribution is 2.21. The maximum Gasteiger partial charge on any atom is 0.170 e. The monoisotopic (exact) mass is 310 g/mol. The van der Waals surface area contributed by atoms with Gasteiger partial charge in [0.15, 0.2) is 23.0 Å². The zero-order valence-electron chi connectivity index (χ0n) is 10.8. The second-order valence-electron chi connectivity index (χ2n) is 4.30. The second kappa shape index (κ2) is 5.25. The van der Waals surface area contributed by atoms with Gasteiger partial charge in [-0.15, -0.1) is 0 Å². The average molecular weight is 311 g/mol. The number of aromatic nitrogens is 4. The molecule has 3 rings (SSSR count). The summed E-state index contributed by atoms with van der Waals surface area (Å²) in [6.45, 7) is -0.138. The van der Waals surface area contributed by atoms with Crippen LogP contribution in [-0.2, 0) is 13.7 Å². The zero-order valence-corrected chi connectivity index (χ0v) is 11.6. The van der Waals surface area contributed by atoms with Crippen molar-refractivity contribution in [1.82, 2.24) is 19.7 Å². The molecule has 0 N–H and O–H groups in total. The van der Waals surface area contributed by atoms with Crippen molar-refractivity contribution in [3.63, 3.8) is 0 Å². The van der Waals surface area contributed by atoms with Gasteiger partial charge in [0.1, 0.15) is 17.6 Å². The molecule has 0 radical (unpaired) electrons. The van der Waals surface area contributed by atoms with Crippen LogP contribution in [0.3, 0.4) is 0 Å². The summed E-state index contributed by atoms with van der Waals surface area (Å²) in [5, 5.41) is 4.86. The highest BCUT2D eigenvalue weighted by molar-refractivity contribution is 6.33. The van der Waals surface area contributed by atoms with Crippen LogP contribution in [0.4, 0.5) is 8.78 Å². The lowest BCUT2D eigenvalue weighted by atomic mass is 10.3. The van der Waals surface area contributed by atoms with Crippen molar-refractivity contribution in [1.29, 1.82) is 0 Å². The molecule has 0 aliphatic heterocycles. The van der Waals surface area contributed by atoms with Gasteiger partial charge in [-0.25, -0.2) is 18.7 Å². The van der Waals surface area contributed by atoms with Crippen LogP contribution in [0.15, 0.2) is 24.4 Å². The summed E-state index contributed by atoms with van der Waals surface area (Å²) >= 11 is 6.02. The molecule has 0 spiro atoms. The molecule has 21 heavy (non-hydrogen) atoms. The van der Waals surface area contributed by atoms with Crippen LogP contribution >= 0.6 is 11.6 Å². The lowest BCUT2D eigenvalue weighted by Crippen LogP contribution is -2.04. The Balaban J connectivity index is 1.88. The van der Waals surface area contributed by atoms with E-state index in [9.17, 15) is 8.78 Å². The van der Waals surface area contributed by atoms with E-state index < -0.39 is 11.6 Å². The van der Waals surface area contributed by atoms with Gasteiger partial charge in [-0.3, -0.25) is 4.68 Å². The predicted molar refractivity (Wildman–Crippen MR) is 72.0 cm³/mol. The summed E-state index contributed by atoms with van der Waals surface area (Å²) in [7, 11) is 1.71. The third-order valence-corrected chi connectivity index (χ3v) is 3.13. The van der Waals surface area contributed by atoms with Gasteiger partial charge in [-0.1, -0.05) is 11.6 Å². The molecule has 0 fully saturated rings. The molecule has 0 saturated carbocycles. The van der Waals surface area contributed by atoms with Crippen LogP contribution < -0.4 is 4.74 Å². The number of rotatable bonds is 3. The molecule has 8 heteroatoms. The molecule has 0 bridgehead atoms. The predicted octanol–water partition coefficient (Wildman–Crippen LogP) is 2.87. The van der Waals surface area contributed by atoms with E-state index in [1.807, 2.05) is 0 Å². The first-order chi connectivity index (χ1) is 10.0. The van der Waals surface area contributed by atoms with Crippen LogP contribution in [-0.4, -0.2) is 19.7 Å². The number of ether oxygens (including phenoxy) is 1. The van der Waals surface area contributed by atoms with E-state index >= 15 is 0 Å². The van der Waals surface area contributed by atoms with Crippen LogP contribution in [0.2, 0.25) is 5.15 Å². The Morgan fingerprint density at radius 3 is 2.90 bits per heavy atom. The van der Waals surface area contributed by atoms with E-state index in [-0.39, 0.29) is 23.3 Å². The van der Waals surface area contributed by atoms with Gasteiger partial charge in [0.05, 0.1) is 11.6 Å². The summed E-state index contributed by atoms with van der Waals surface area (Å²) in [6, 6.07) is 2.96. The van der Waals surface area contributed by atoms with Crippen molar-refractivity contribution >= 4 is 22.6 Å². The Hall–Kier alpha value is -2.28. The Kier molecular flexibility index (Phi) is 3.42. The first kappa shape index (κ1) is 13.7. The highest BCUT2D eigenvalue weighted by Gasteiger charge is 2.11. The number of halogens is 3. The summed E-state index contributed by atoms with van der Waals surface area (Å²) < 4.78 is 33.2. The minimum atomic E-state index is -0.663. The molecule has 0 amide bonds. The fourth-order valence-electron chi connectivity index (χ4n) is 1.82. The van der Waals surface area contributed by atoms with Crippen molar-refractivity contribution in [2.75, 3.05) is 0 Å². The standard InChI is InChI=1S/C13H9ClF2N4O/c1-20-13-8(5-17-20)12(14)18-11(19-13)6-21-10-4-7(15)2-3-9(10)16/h2-5H,6H2,1H3. The van der Waals surface area contributed by atoms with E-state index in [1.165, 1.54) is 4.68 Å². The van der Waals surface area contributed by atoms with Gasteiger partial charge in [0.2, 0.25) is 0 Å². The van der Waals surface area contributed by atoms with Crippen molar-refractivity contribution in [3.8, 4) is 5.75 Å². The summed E-state index contributed by atoms with van der Waals surface area (Å²) in [5.41, 5.74) is 0.535. The van der Waals surface area contributed by atoms with Crippen molar-refractivity contribution in [2.45, 2.75) is 6.61 Å². The first-order valence-corrected chi connectivity index (χ1v) is 6.34. The lowest BCUT2D eigenvalue weighted by molar-refractivity contribution is 0.279. The second-order valence-corrected chi connectivity index (χ2v) is 4.66. The Bertz CT molecular complexity index is 821. The van der Waals surface area contributed by atoms with Gasteiger partial charge in [-0.05, 0) is 12.1 Å². The molecular formula is C13H9ClF2N4O. The van der Waals surface area contributed by atoms with Gasteiger partial charge in [0, 0.05) is 13.1 Å². The Morgan fingerprint density at radius 1 is 1.29 bits per heavy atom. The van der Waals surface area contributed by atoms with E-state index in [0.717, 1.165) is 18.2 Å². The minimum Gasteiger partial charge on any atom is -0.482 e. The number of fused-ring (bicyclic) bond motifs is 1.